The van der Waals surface area contributed by atoms with E-state index in [2.05, 4.69) is 49.6 Å². The Balaban J connectivity index is 1.26. The van der Waals surface area contributed by atoms with Crippen LogP contribution in [0.3, 0.4) is 0 Å². The van der Waals surface area contributed by atoms with Gasteiger partial charge in [0.2, 0.25) is 5.88 Å². The molecular formula is C27H24N6O2. The number of fused-ring (bicyclic) bond motifs is 1. The van der Waals surface area contributed by atoms with E-state index in [-0.39, 0.29) is 11.9 Å². The van der Waals surface area contributed by atoms with Gasteiger partial charge in [0.15, 0.2) is 0 Å². The minimum absolute atomic E-state index is 0.101. The SMILES string of the molecule is C[C@@H](Nc1ncnc2[nH]c(-c3ccc(CNC(=O)Oc4ccccn4)cc3)cc12)c1ccccc1. The molecule has 1 amide bonds. The lowest BCUT2D eigenvalue weighted by atomic mass is 10.1. The van der Waals surface area contributed by atoms with E-state index in [1.165, 1.54) is 5.56 Å². The van der Waals surface area contributed by atoms with Gasteiger partial charge in [-0.15, -0.1) is 0 Å². The molecule has 0 bridgehead atoms. The number of ether oxygens (including phenoxy) is 1. The number of aromatic amines is 1. The van der Waals surface area contributed by atoms with Gasteiger partial charge in [-0.3, -0.25) is 0 Å². The normalized spacial score (nSPS) is 11.7. The number of nitrogens with one attached hydrogen (secondary N) is 3. The van der Waals surface area contributed by atoms with E-state index < -0.39 is 6.09 Å². The lowest BCUT2D eigenvalue weighted by Gasteiger charge is -2.15. The average molecular weight is 465 g/mol. The van der Waals surface area contributed by atoms with Crippen LogP contribution in [0.25, 0.3) is 22.3 Å². The van der Waals surface area contributed by atoms with Crippen molar-refractivity contribution < 1.29 is 9.53 Å². The summed E-state index contributed by atoms with van der Waals surface area (Å²) in [7, 11) is 0. The van der Waals surface area contributed by atoms with E-state index in [1.807, 2.05) is 48.5 Å². The first-order chi connectivity index (χ1) is 17.2. The van der Waals surface area contributed by atoms with Crippen molar-refractivity contribution in [1.82, 2.24) is 25.3 Å². The van der Waals surface area contributed by atoms with Crippen LogP contribution in [0.1, 0.15) is 24.1 Å². The molecule has 35 heavy (non-hydrogen) atoms. The summed E-state index contributed by atoms with van der Waals surface area (Å²) in [5.74, 6) is 1.04. The van der Waals surface area contributed by atoms with Crippen molar-refractivity contribution in [3.05, 3.63) is 103 Å². The lowest BCUT2D eigenvalue weighted by Crippen LogP contribution is -2.26. The number of H-pyrrole nitrogens is 1. The fourth-order valence-corrected chi connectivity index (χ4v) is 3.76. The van der Waals surface area contributed by atoms with Crippen LogP contribution in [0.15, 0.2) is 91.4 Å². The molecule has 0 aliphatic rings. The largest absolute Gasteiger partial charge is 0.414 e. The van der Waals surface area contributed by atoms with E-state index in [9.17, 15) is 4.79 Å². The van der Waals surface area contributed by atoms with Crippen LogP contribution in [0, 0.1) is 0 Å². The second kappa shape index (κ2) is 10.0. The van der Waals surface area contributed by atoms with Crippen LogP contribution in [-0.4, -0.2) is 26.0 Å². The minimum atomic E-state index is -0.549. The zero-order valence-electron chi connectivity index (χ0n) is 19.1. The standard InChI is InChI=1S/C27H24N6O2/c1-18(20-7-3-2-4-8-20)32-25-22-15-23(33-26(22)31-17-30-25)21-12-10-19(11-13-21)16-29-27(34)35-24-9-5-6-14-28-24/h2-15,17-18H,16H2,1H3,(H,29,34)(H2,30,31,32,33)/t18-/m1/s1. The van der Waals surface area contributed by atoms with E-state index >= 15 is 0 Å². The summed E-state index contributed by atoms with van der Waals surface area (Å²) in [6, 6.07) is 25.5. The Labute approximate surface area is 202 Å². The quantitative estimate of drug-likeness (QED) is 0.295. The Morgan fingerprint density at radius 1 is 0.971 bits per heavy atom. The maximum absolute atomic E-state index is 12.0. The van der Waals surface area contributed by atoms with E-state index in [0.29, 0.717) is 6.54 Å². The maximum Gasteiger partial charge on any atom is 0.414 e. The highest BCUT2D eigenvalue weighted by Gasteiger charge is 2.13. The predicted molar refractivity (Wildman–Crippen MR) is 135 cm³/mol. The molecule has 0 fully saturated rings. The molecule has 2 aromatic carbocycles. The van der Waals surface area contributed by atoms with Gasteiger partial charge in [0, 0.05) is 30.5 Å². The number of aromatic nitrogens is 4. The van der Waals surface area contributed by atoms with Gasteiger partial charge in [-0.05, 0) is 35.7 Å². The molecule has 0 unspecified atom stereocenters. The van der Waals surface area contributed by atoms with E-state index in [4.69, 9.17) is 4.74 Å². The van der Waals surface area contributed by atoms with Crippen molar-refractivity contribution in [2.24, 2.45) is 0 Å². The maximum atomic E-state index is 12.0. The minimum Gasteiger partial charge on any atom is -0.391 e. The first kappa shape index (κ1) is 22.1. The van der Waals surface area contributed by atoms with Gasteiger partial charge in [0.05, 0.1) is 5.39 Å². The third-order valence-corrected chi connectivity index (χ3v) is 5.62. The molecule has 174 valence electrons. The zero-order chi connectivity index (χ0) is 24.0. The fraction of sp³-hybridized carbons (Fsp3) is 0.111. The topological polar surface area (TPSA) is 105 Å². The van der Waals surface area contributed by atoms with Crippen LogP contribution < -0.4 is 15.4 Å². The summed E-state index contributed by atoms with van der Waals surface area (Å²) in [4.78, 5) is 28.2. The zero-order valence-corrected chi connectivity index (χ0v) is 19.1. The van der Waals surface area contributed by atoms with E-state index in [1.54, 1.807) is 30.7 Å². The number of benzene rings is 2. The number of carbonyl (C=O) groups excluding carboxylic acids is 1. The smallest absolute Gasteiger partial charge is 0.391 e. The molecule has 0 radical (unpaired) electrons. The second-order valence-corrected chi connectivity index (χ2v) is 8.05. The molecule has 3 heterocycles. The van der Waals surface area contributed by atoms with Crippen molar-refractivity contribution in [2.45, 2.75) is 19.5 Å². The summed E-state index contributed by atoms with van der Waals surface area (Å²) >= 11 is 0. The predicted octanol–water partition coefficient (Wildman–Crippen LogP) is 5.48. The van der Waals surface area contributed by atoms with Gasteiger partial charge in [-0.25, -0.2) is 19.7 Å². The van der Waals surface area contributed by atoms with Crippen LogP contribution in [0.2, 0.25) is 0 Å². The molecule has 0 saturated heterocycles. The number of rotatable bonds is 7. The van der Waals surface area contributed by atoms with Crippen LogP contribution >= 0.6 is 0 Å². The number of anilines is 1. The molecule has 5 aromatic rings. The first-order valence-corrected chi connectivity index (χ1v) is 11.3. The second-order valence-electron chi connectivity index (χ2n) is 8.05. The molecule has 8 heteroatoms. The molecule has 0 saturated carbocycles. The molecule has 8 nitrogen and oxygen atoms in total. The molecule has 0 spiro atoms. The highest BCUT2D eigenvalue weighted by molar-refractivity contribution is 5.91. The fourth-order valence-electron chi connectivity index (χ4n) is 3.76. The molecular weight excluding hydrogens is 440 g/mol. The number of nitrogens with zero attached hydrogens (tertiary/aromatic N) is 3. The Kier molecular flexibility index (Phi) is 6.34. The van der Waals surface area contributed by atoms with Gasteiger partial charge in [0.25, 0.3) is 0 Å². The molecule has 0 aliphatic carbocycles. The molecule has 3 aromatic heterocycles. The van der Waals surface area contributed by atoms with Crippen LogP contribution in [-0.2, 0) is 6.54 Å². The number of carbonyl (C=O) groups is 1. The number of amides is 1. The first-order valence-electron chi connectivity index (χ1n) is 11.3. The Hall–Kier alpha value is -4.72. The van der Waals surface area contributed by atoms with Gasteiger partial charge in [0.1, 0.15) is 17.8 Å². The Bertz CT molecular complexity index is 1420. The average Bonchev–Trinajstić information content (AvgIpc) is 3.34. The molecule has 1 atom stereocenters. The number of hydrogen-bond donors (Lipinski definition) is 3. The Morgan fingerprint density at radius 2 is 1.77 bits per heavy atom. The summed E-state index contributed by atoms with van der Waals surface area (Å²) in [6.07, 6.45) is 2.58. The molecule has 0 aliphatic heterocycles. The third-order valence-electron chi connectivity index (χ3n) is 5.62. The van der Waals surface area contributed by atoms with Gasteiger partial charge in [-0.2, -0.15) is 0 Å². The number of hydrogen-bond acceptors (Lipinski definition) is 6. The summed E-state index contributed by atoms with van der Waals surface area (Å²) < 4.78 is 5.14. The third kappa shape index (κ3) is 5.27. The van der Waals surface area contributed by atoms with Crippen molar-refractivity contribution in [3.8, 4) is 17.1 Å². The van der Waals surface area contributed by atoms with Crippen molar-refractivity contribution >= 4 is 22.9 Å². The summed E-state index contributed by atoms with van der Waals surface area (Å²) in [5.41, 5.74) is 4.83. The highest BCUT2D eigenvalue weighted by atomic mass is 16.6. The number of pyridine rings is 1. The van der Waals surface area contributed by atoms with Gasteiger partial charge >= 0.3 is 6.09 Å². The van der Waals surface area contributed by atoms with Crippen LogP contribution in [0.5, 0.6) is 5.88 Å². The summed E-state index contributed by atoms with van der Waals surface area (Å²) in [5, 5.41) is 7.15. The monoisotopic (exact) mass is 464 g/mol. The van der Waals surface area contributed by atoms with Crippen molar-refractivity contribution in [2.75, 3.05) is 5.32 Å². The van der Waals surface area contributed by atoms with E-state index in [0.717, 1.165) is 33.7 Å². The highest BCUT2D eigenvalue weighted by Crippen LogP contribution is 2.29. The van der Waals surface area contributed by atoms with Crippen LogP contribution in [0.4, 0.5) is 10.6 Å². The Morgan fingerprint density at radius 3 is 2.54 bits per heavy atom. The van der Waals surface area contributed by atoms with Crippen molar-refractivity contribution in [1.29, 1.82) is 0 Å². The van der Waals surface area contributed by atoms with Gasteiger partial charge < -0.3 is 20.4 Å². The summed E-state index contributed by atoms with van der Waals surface area (Å²) in [6.45, 7) is 2.45. The molecule has 5 rings (SSSR count). The van der Waals surface area contributed by atoms with Gasteiger partial charge in [-0.1, -0.05) is 60.7 Å². The van der Waals surface area contributed by atoms with Crippen molar-refractivity contribution in [3.63, 3.8) is 0 Å². The lowest BCUT2D eigenvalue weighted by molar-refractivity contribution is 0.198. The molecule has 3 N–H and O–H groups in total.